The predicted molar refractivity (Wildman–Crippen MR) is 92.5 cm³/mol. The maximum atomic E-state index is 6.19. The van der Waals surface area contributed by atoms with Gasteiger partial charge in [0.2, 0.25) is 0 Å². The Hall–Kier alpha value is -1.75. The van der Waals surface area contributed by atoms with Gasteiger partial charge in [0, 0.05) is 38.4 Å². The van der Waals surface area contributed by atoms with Crippen molar-refractivity contribution >= 4 is 0 Å². The second-order valence-corrected chi connectivity index (χ2v) is 6.94. The zero-order valence-corrected chi connectivity index (χ0v) is 13.9. The molecule has 0 bridgehead atoms. The second-order valence-electron chi connectivity index (χ2n) is 6.94. The minimum Gasteiger partial charge on any atom is -0.371 e. The summed E-state index contributed by atoms with van der Waals surface area (Å²) in [5.41, 5.74) is 2.48. The number of aromatic nitrogens is 1. The molecule has 0 aliphatic carbocycles. The molecule has 4 nitrogen and oxygen atoms in total. The van der Waals surface area contributed by atoms with E-state index in [0.29, 0.717) is 13.2 Å². The topological polar surface area (TPSA) is 34.6 Å². The van der Waals surface area contributed by atoms with Crippen molar-refractivity contribution in [2.24, 2.45) is 0 Å². The molecule has 2 unspecified atom stereocenters. The third-order valence-electron chi connectivity index (χ3n) is 5.03. The zero-order chi connectivity index (χ0) is 16.2. The average Bonchev–Trinajstić information content (AvgIpc) is 3.21. The number of nitrogens with zero attached hydrogens (tertiary/aromatic N) is 2. The van der Waals surface area contributed by atoms with Crippen LogP contribution in [0.3, 0.4) is 0 Å². The van der Waals surface area contributed by atoms with Gasteiger partial charge in [-0.25, -0.2) is 0 Å². The third kappa shape index (κ3) is 3.66. The van der Waals surface area contributed by atoms with Crippen LogP contribution < -0.4 is 0 Å². The lowest BCUT2D eigenvalue weighted by atomic mass is 9.98. The van der Waals surface area contributed by atoms with Crippen molar-refractivity contribution in [2.45, 2.75) is 37.7 Å². The first-order valence-electron chi connectivity index (χ1n) is 8.72. The van der Waals surface area contributed by atoms with Crippen molar-refractivity contribution in [3.63, 3.8) is 0 Å². The van der Waals surface area contributed by atoms with Crippen molar-refractivity contribution in [3.05, 3.63) is 66.0 Å². The summed E-state index contributed by atoms with van der Waals surface area (Å²) in [5.74, 6) is 0. The van der Waals surface area contributed by atoms with Crippen LogP contribution in [0.1, 0.15) is 24.0 Å². The van der Waals surface area contributed by atoms with E-state index in [-0.39, 0.29) is 11.7 Å². The molecule has 3 heterocycles. The normalized spacial score (nSPS) is 27.1. The Morgan fingerprint density at radius 3 is 2.88 bits per heavy atom. The van der Waals surface area contributed by atoms with E-state index in [9.17, 15) is 0 Å². The highest BCUT2D eigenvalue weighted by Gasteiger charge is 2.45. The number of ether oxygens (including phenoxy) is 2. The molecule has 0 saturated carbocycles. The van der Waals surface area contributed by atoms with Gasteiger partial charge in [0.15, 0.2) is 0 Å². The lowest BCUT2D eigenvalue weighted by Gasteiger charge is -2.23. The standard InChI is InChI=1S/C20H24N2O2/c1-2-5-17(6-3-1)14-23-19-11-20(24-15-19)8-10-22(16-20)13-18-7-4-9-21-12-18/h1-7,9,12,19H,8,10-11,13-16H2. The minimum atomic E-state index is -0.0104. The van der Waals surface area contributed by atoms with Gasteiger partial charge in [-0.3, -0.25) is 9.88 Å². The molecule has 126 valence electrons. The van der Waals surface area contributed by atoms with Crippen LogP contribution >= 0.6 is 0 Å². The average molecular weight is 324 g/mol. The van der Waals surface area contributed by atoms with Crippen LogP contribution in [0.2, 0.25) is 0 Å². The highest BCUT2D eigenvalue weighted by Crippen LogP contribution is 2.36. The number of hydrogen-bond acceptors (Lipinski definition) is 4. The summed E-state index contributed by atoms with van der Waals surface area (Å²) >= 11 is 0. The Balaban J connectivity index is 1.28. The first-order valence-corrected chi connectivity index (χ1v) is 8.72. The predicted octanol–water partition coefficient (Wildman–Crippen LogP) is 3.03. The van der Waals surface area contributed by atoms with E-state index in [1.54, 1.807) is 0 Å². The summed E-state index contributed by atoms with van der Waals surface area (Å²) < 4.78 is 12.3. The van der Waals surface area contributed by atoms with Gasteiger partial charge >= 0.3 is 0 Å². The molecule has 1 aromatic carbocycles. The number of hydrogen-bond donors (Lipinski definition) is 0. The molecule has 24 heavy (non-hydrogen) atoms. The number of benzene rings is 1. The molecule has 2 aliphatic rings. The van der Waals surface area contributed by atoms with E-state index in [1.807, 2.05) is 24.5 Å². The van der Waals surface area contributed by atoms with Crippen LogP contribution in [0.4, 0.5) is 0 Å². The van der Waals surface area contributed by atoms with Crippen molar-refractivity contribution in [1.29, 1.82) is 0 Å². The third-order valence-corrected chi connectivity index (χ3v) is 5.03. The Morgan fingerprint density at radius 1 is 1.17 bits per heavy atom. The van der Waals surface area contributed by atoms with Crippen LogP contribution in [0.25, 0.3) is 0 Å². The molecule has 0 N–H and O–H groups in total. The second kappa shape index (κ2) is 7.01. The van der Waals surface area contributed by atoms with Gasteiger partial charge in [0.25, 0.3) is 0 Å². The van der Waals surface area contributed by atoms with Crippen molar-refractivity contribution in [3.8, 4) is 0 Å². The number of rotatable bonds is 5. The molecule has 0 amide bonds. The fourth-order valence-electron chi connectivity index (χ4n) is 3.79. The van der Waals surface area contributed by atoms with Crippen LogP contribution in [0, 0.1) is 0 Å². The maximum Gasteiger partial charge on any atom is 0.0847 e. The van der Waals surface area contributed by atoms with E-state index in [0.717, 1.165) is 32.5 Å². The van der Waals surface area contributed by atoms with Crippen LogP contribution in [-0.4, -0.2) is 41.3 Å². The fourth-order valence-corrected chi connectivity index (χ4v) is 3.79. The van der Waals surface area contributed by atoms with E-state index in [4.69, 9.17) is 9.47 Å². The highest BCUT2D eigenvalue weighted by atomic mass is 16.6. The molecule has 2 aliphatic heterocycles. The summed E-state index contributed by atoms with van der Waals surface area (Å²) in [4.78, 5) is 6.67. The van der Waals surface area contributed by atoms with Crippen molar-refractivity contribution in [2.75, 3.05) is 19.7 Å². The molecule has 4 rings (SSSR count). The van der Waals surface area contributed by atoms with Gasteiger partial charge in [0.1, 0.15) is 0 Å². The maximum absolute atomic E-state index is 6.19. The first kappa shape index (κ1) is 15.8. The number of likely N-dealkylation sites (tertiary alicyclic amines) is 1. The Labute approximate surface area is 143 Å². The van der Waals surface area contributed by atoms with Crippen LogP contribution in [-0.2, 0) is 22.6 Å². The molecule has 1 spiro atoms. The molecule has 4 heteroatoms. The highest BCUT2D eigenvalue weighted by molar-refractivity contribution is 5.13. The number of pyridine rings is 1. The van der Waals surface area contributed by atoms with Gasteiger partial charge in [0.05, 0.1) is 24.9 Å². The van der Waals surface area contributed by atoms with E-state index < -0.39 is 0 Å². The Bertz CT molecular complexity index is 649. The molecule has 2 fully saturated rings. The van der Waals surface area contributed by atoms with E-state index >= 15 is 0 Å². The van der Waals surface area contributed by atoms with Gasteiger partial charge in [-0.2, -0.15) is 0 Å². The minimum absolute atomic E-state index is 0.0104. The zero-order valence-electron chi connectivity index (χ0n) is 13.9. The smallest absolute Gasteiger partial charge is 0.0847 e. The molecule has 2 atom stereocenters. The molecule has 0 radical (unpaired) electrons. The summed E-state index contributed by atoms with van der Waals surface area (Å²) in [6.07, 6.45) is 6.08. The molecule has 2 saturated heterocycles. The van der Waals surface area contributed by atoms with Crippen molar-refractivity contribution in [1.82, 2.24) is 9.88 Å². The van der Waals surface area contributed by atoms with E-state index in [1.165, 1.54) is 11.1 Å². The lowest BCUT2D eigenvalue weighted by molar-refractivity contribution is -0.000426. The van der Waals surface area contributed by atoms with E-state index in [2.05, 4.69) is 40.2 Å². The Morgan fingerprint density at radius 2 is 2.04 bits per heavy atom. The molecular weight excluding hydrogens is 300 g/mol. The van der Waals surface area contributed by atoms with Crippen LogP contribution in [0.15, 0.2) is 54.9 Å². The first-order chi connectivity index (χ1) is 11.8. The summed E-state index contributed by atoms with van der Waals surface area (Å²) in [5, 5.41) is 0. The molecule has 2 aromatic rings. The SMILES string of the molecule is c1ccc(COC2COC3(CCN(Cc4cccnc4)C3)C2)cc1. The Kier molecular flexibility index (Phi) is 4.60. The monoisotopic (exact) mass is 324 g/mol. The van der Waals surface area contributed by atoms with Gasteiger partial charge < -0.3 is 9.47 Å². The fraction of sp³-hybridized carbons (Fsp3) is 0.450. The quantitative estimate of drug-likeness (QED) is 0.847. The molecule has 1 aromatic heterocycles. The lowest BCUT2D eigenvalue weighted by Crippen LogP contribution is -2.33. The largest absolute Gasteiger partial charge is 0.371 e. The summed E-state index contributed by atoms with van der Waals surface area (Å²) in [6.45, 7) is 4.42. The molecular formula is C20H24N2O2. The van der Waals surface area contributed by atoms with Gasteiger partial charge in [-0.1, -0.05) is 36.4 Å². The van der Waals surface area contributed by atoms with Crippen LogP contribution in [0.5, 0.6) is 0 Å². The van der Waals surface area contributed by atoms with Gasteiger partial charge in [-0.05, 0) is 23.6 Å². The summed E-state index contributed by atoms with van der Waals surface area (Å²) in [7, 11) is 0. The van der Waals surface area contributed by atoms with Crippen molar-refractivity contribution < 1.29 is 9.47 Å². The summed E-state index contributed by atoms with van der Waals surface area (Å²) in [6, 6.07) is 14.5. The van der Waals surface area contributed by atoms with Gasteiger partial charge in [-0.15, -0.1) is 0 Å².